The van der Waals surface area contributed by atoms with Crippen LogP contribution in [0.4, 0.5) is 0 Å². The number of carboxylic acids is 1. The van der Waals surface area contributed by atoms with Crippen molar-refractivity contribution >= 4 is 41.3 Å². The van der Waals surface area contributed by atoms with Crippen LogP contribution in [0.5, 0.6) is 0 Å². The Hall–Kier alpha value is -4.29. The Morgan fingerprint density at radius 3 is 1.54 bits per heavy atom. The third kappa shape index (κ3) is 12.2. The Labute approximate surface area is 271 Å². The summed E-state index contributed by atoms with van der Waals surface area (Å²) in [5.41, 5.74) is 0.372. The fourth-order valence-electron chi connectivity index (χ4n) is 4.60. The largest absolute Gasteiger partial charge is 0.480 e. The lowest BCUT2D eigenvalue weighted by atomic mass is 9.98. The zero-order valence-electron chi connectivity index (χ0n) is 28.3. The first-order valence-corrected chi connectivity index (χ1v) is 15.8. The molecule has 0 fully saturated rings. The van der Waals surface area contributed by atoms with E-state index in [2.05, 4.69) is 26.6 Å². The Bertz CT molecular complexity index is 1230. The van der Waals surface area contributed by atoms with Crippen LogP contribution in [0.1, 0.15) is 85.5 Å². The minimum Gasteiger partial charge on any atom is -0.480 e. The second-order valence-electron chi connectivity index (χ2n) is 12.8. The lowest BCUT2D eigenvalue weighted by molar-refractivity contribution is -0.144. The van der Waals surface area contributed by atoms with Gasteiger partial charge in [-0.05, 0) is 48.6 Å². The lowest BCUT2D eigenvalue weighted by Gasteiger charge is -2.28. The molecular formula is C33H51N5O8. The highest BCUT2D eigenvalue weighted by atomic mass is 16.4. The summed E-state index contributed by atoms with van der Waals surface area (Å²) in [5.74, 6) is -7.08. The summed E-state index contributed by atoms with van der Waals surface area (Å²) >= 11 is 0. The van der Waals surface area contributed by atoms with E-state index in [4.69, 9.17) is 0 Å². The second kappa shape index (κ2) is 18.6. The standard InChI is InChI=1S/C33H51N5O8/c1-10-22(27(39)32(44)35-23(16-17(2)3)29(41)38-26(20(8)9)33(45)46)34-30(42)24(18(4)5)37-31(43)25(19(6)7)36-28(40)21-14-12-11-13-15-21/h11-15,17-20,22-26H,10,16H2,1-9H3,(H,34,42)(H,35,44)(H,36,40)(H,37,43)(H,38,41)(H,45,46)/t22?,23-,24+,25+,26+/m1/s1. The molecule has 0 aromatic heterocycles. The first kappa shape index (κ1) is 39.7. The summed E-state index contributed by atoms with van der Waals surface area (Å²) in [6, 6.07) is 2.68. The molecule has 0 aliphatic rings. The molecule has 256 valence electrons. The van der Waals surface area contributed by atoms with Crippen LogP contribution in [-0.2, 0) is 28.8 Å². The van der Waals surface area contributed by atoms with Crippen molar-refractivity contribution in [3.8, 4) is 0 Å². The van der Waals surface area contributed by atoms with Gasteiger partial charge in [-0.3, -0.25) is 28.8 Å². The SMILES string of the molecule is CCC(NC(=O)[C@@H](NC(=O)[C@@H](NC(=O)c1ccccc1)C(C)C)C(C)C)C(=O)C(=O)N[C@H](CC(C)C)C(=O)N[C@H](C(=O)O)C(C)C. The summed E-state index contributed by atoms with van der Waals surface area (Å²) in [4.78, 5) is 90.1. The number of benzene rings is 1. The molecule has 5 atom stereocenters. The van der Waals surface area contributed by atoms with Gasteiger partial charge in [0.05, 0.1) is 6.04 Å². The number of carboxylic acid groups (broad SMARTS) is 1. The fourth-order valence-corrected chi connectivity index (χ4v) is 4.60. The number of carbonyl (C=O) groups excluding carboxylic acids is 6. The Morgan fingerprint density at radius 2 is 1.09 bits per heavy atom. The van der Waals surface area contributed by atoms with Crippen LogP contribution in [0.25, 0.3) is 0 Å². The van der Waals surface area contributed by atoms with E-state index >= 15 is 0 Å². The minimum atomic E-state index is -1.27. The zero-order valence-corrected chi connectivity index (χ0v) is 28.3. The van der Waals surface area contributed by atoms with E-state index in [-0.39, 0.29) is 24.7 Å². The topological polar surface area (TPSA) is 200 Å². The van der Waals surface area contributed by atoms with E-state index in [1.165, 1.54) is 0 Å². The number of carbonyl (C=O) groups is 7. The molecule has 0 saturated heterocycles. The van der Waals surface area contributed by atoms with E-state index in [1.807, 2.05) is 0 Å². The van der Waals surface area contributed by atoms with Crippen LogP contribution in [0.15, 0.2) is 30.3 Å². The average molecular weight is 646 g/mol. The summed E-state index contributed by atoms with van der Waals surface area (Å²) in [7, 11) is 0. The van der Waals surface area contributed by atoms with Gasteiger partial charge in [0.2, 0.25) is 23.5 Å². The van der Waals surface area contributed by atoms with Gasteiger partial charge in [-0.15, -0.1) is 0 Å². The number of ketones is 1. The van der Waals surface area contributed by atoms with Gasteiger partial charge in [-0.1, -0.05) is 80.5 Å². The van der Waals surface area contributed by atoms with E-state index < -0.39 is 83.3 Å². The molecule has 6 N–H and O–H groups in total. The van der Waals surface area contributed by atoms with Gasteiger partial charge >= 0.3 is 5.97 Å². The van der Waals surface area contributed by atoms with Crippen molar-refractivity contribution in [3.05, 3.63) is 35.9 Å². The number of rotatable bonds is 18. The first-order valence-electron chi connectivity index (χ1n) is 15.8. The Kier molecular flexibility index (Phi) is 16.1. The summed E-state index contributed by atoms with van der Waals surface area (Å²) in [5, 5.41) is 22.2. The molecule has 5 amide bonds. The maximum absolute atomic E-state index is 13.4. The van der Waals surface area contributed by atoms with Gasteiger partial charge in [0.15, 0.2) is 0 Å². The molecule has 0 spiro atoms. The molecule has 0 radical (unpaired) electrons. The summed E-state index contributed by atoms with van der Waals surface area (Å²) in [6.07, 6.45) is 0.172. The number of hydrogen-bond donors (Lipinski definition) is 6. The molecule has 46 heavy (non-hydrogen) atoms. The van der Waals surface area contributed by atoms with E-state index in [1.54, 1.807) is 92.6 Å². The molecule has 1 aromatic rings. The van der Waals surface area contributed by atoms with Crippen molar-refractivity contribution in [1.29, 1.82) is 0 Å². The van der Waals surface area contributed by atoms with Gasteiger partial charge in [-0.2, -0.15) is 0 Å². The molecule has 0 aliphatic heterocycles. The van der Waals surface area contributed by atoms with Gasteiger partial charge in [0.25, 0.3) is 11.8 Å². The lowest BCUT2D eigenvalue weighted by Crippen LogP contribution is -2.59. The van der Waals surface area contributed by atoms with E-state index in [0.29, 0.717) is 5.56 Å². The molecular weight excluding hydrogens is 594 g/mol. The van der Waals surface area contributed by atoms with E-state index in [9.17, 15) is 38.7 Å². The third-order valence-corrected chi connectivity index (χ3v) is 7.34. The number of amides is 5. The molecule has 0 bridgehead atoms. The predicted octanol–water partition coefficient (Wildman–Crippen LogP) is 1.80. The third-order valence-electron chi connectivity index (χ3n) is 7.34. The molecule has 0 heterocycles. The summed E-state index contributed by atoms with van der Waals surface area (Å²) < 4.78 is 0. The molecule has 1 rings (SSSR count). The highest BCUT2D eigenvalue weighted by Gasteiger charge is 2.35. The predicted molar refractivity (Wildman–Crippen MR) is 172 cm³/mol. The van der Waals surface area contributed by atoms with E-state index in [0.717, 1.165) is 0 Å². The number of hydrogen-bond acceptors (Lipinski definition) is 7. The maximum Gasteiger partial charge on any atom is 0.326 e. The van der Waals surface area contributed by atoms with Crippen LogP contribution >= 0.6 is 0 Å². The number of Topliss-reactive ketones (excluding diaryl/α,β-unsaturated/α-hetero) is 1. The molecule has 0 aliphatic carbocycles. The fraction of sp³-hybridized carbons (Fsp3) is 0.606. The molecule has 13 heteroatoms. The van der Waals surface area contributed by atoms with Gasteiger partial charge in [0, 0.05) is 5.56 Å². The Balaban J connectivity index is 3.04. The second-order valence-corrected chi connectivity index (χ2v) is 12.8. The molecule has 1 aromatic carbocycles. The quantitative estimate of drug-likeness (QED) is 0.130. The smallest absolute Gasteiger partial charge is 0.326 e. The average Bonchev–Trinajstić information content (AvgIpc) is 2.98. The van der Waals surface area contributed by atoms with Crippen molar-refractivity contribution in [3.63, 3.8) is 0 Å². The summed E-state index contributed by atoms with van der Waals surface area (Å²) in [6.45, 7) is 15.4. The van der Waals surface area contributed by atoms with Crippen LogP contribution in [0.2, 0.25) is 0 Å². The van der Waals surface area contributed by atoms with Gasteiger partial charge < -0.3 is 31.7 Å². The number of aliphatic carboxylic acids is 1. The van der Waals surface area contributed by atoms with Crippen molar-refractivity contribution in [1.82, 2.24) is 26.6 Å². The van der Waals surface area contributed by atoms with Crippen LogP contribution in [-0.4, -0.2) is 76.6 Å². The van der Waals surface area contributed by atoms with Gasteiger partial charge in [0.1, 0.15) is 24.2 Å². The van der Waals surface area contributed by atoms with Crippen molar-refractivity contribution in [2.45, 2.75) is 105 Å². The van der Waals surface area contributed by atoms with Crippen LogP contribution < -0.4 is 26.6 Å². The molecule has 0 saturated carbocycles. The van der Waals surface area contributed by atoms with Crippen LogP contribution in [0.3, 0.4) is 0 Å². The highest BCUT2D eigenvalue weighted by molar-refractivity contribution is 6.38. The van der Waals surface area contributed by atoms with Crippen molar-refractivity contribution in [2.24, 2.45) is 23.7 Å². The number of nitrogens with one attached hydrogen (secondary N) is 5. The monoisotopic (exact) mass is 645 g/mol. The van der Waals surface area contributed by atoms with Gasteiger partial charge in [-0.25, -0.2) is 4.79 Å². The zero-order chi connectivity index (χ0) is 35.3. The molecule has 1 unspecified atom stereocenters. The van der Waals surface area contributed by atoms with Crippen molar-refractivity contribution in [2.75, 3.05) is 0 Å². The normalized spacial score (nSPS) is 14.5. The maximum atomic E-state index is 13.4. The van der Waals surface area contributed by atoms with Crippen molar-refractivity contribution < 1.29 is 38.7 Å². The first-order chi connectivity index (χ1) is 21.4. The highest BCUT2D eigenvalue weighted by Crippen LogP contribution is 2.11. The van der Waals surface area contributed by atoms with Crippen LogP contribution in [0, 0.1) is 23.7 Å². The molecule has 13 nitrogen and oxygen atoms in total. The Morgan fingerprint density at radius 1 is 0.609 bits per heavy atom. The minimum absolute atomic E-state index is 0.0357.